The van der Waals surface area contributed by atoms with Crippen molar-refractivity contribution in [3.63, 3.8) is 0 Å². The number of aromatic amines is 1. The molecule has 1 aromatic heterocycles. The Morgan fingerprint density at radius 3 is 2.50 bits per heavy atom. The molecule has 0 saturated carbocycles. The van der Waals surface area contributed by atoms with Gasteiger partial charge in [-0.05, 0) is 36.8 Å². The monoisotopic (exact) mass is 351 g/mol. The molecule has 3 rings (SSSR count). The molecule has 2 aromatic carbocycles. The van der Waals surface area contributed by atoms with E-state index in [1.165, 1.54) is 0 Å². The number of nitrogens with one attached hydrogen (secondary N) is 2. The summed E-state index contributed by atoms with van der Waals surface area (Å²) in [7, 11) is 1.60. The summed E-state index contributed by atoms with van der Waals surface area (Å²) in [6.45, 7) is 2.01. The Morgan fingerprint density at radius 1 is 1.12 bits per heavy atom. The number of imidazole rings is 1. The molecule has 0 saturated heterocycles. The zero-order valence-corrected chi connectivity index (χ0v) is 14.7. The van der Waals surface area contributed by atoms with Gasteiger partial charge in [0.05, 0.1) is 25.5 Å². The van der Waals surface area contributed by atoms with Gasteiger partial charge in [-0.15, -0.1) is 0 Å². The number of hydrogen-bond donors (Lipinski definition) is 2. The van der Waals surface area contributed by atoms with E-state index in [0.29, 0.717) is 18.1 Å². The first-order valence-corrected chi connectivity index (χ1v) is 8.33. The lowest BCUT2D eigenvalue weighted by Gasteiger charge is -2.14. The molecule has 1 amide bonds. The zero-order chi connectivity index (χ0) is 18.4. The van der Waals surface area contributed by atoms with Gasteiger partial charge in [-0.1, -0.05) is 30.3 Å². The largest absolute Gasteiger partial charge is 0.497 e. The second kappa shape index (κ2) is 8.20. The third-order valence-corrected chi connectivity index (χ3v) is 3.88. The van der Waals surface area contributed by atoms with Gasteiger partial charge < -0.3 is 19.8 Å². The van der Waals surface area contributed by atoms with Crippen LogP contribution in [-0.2, 0) is 11.3 Å². The van der Waals surface area contributed by atoms with Gasteiger partial charge in [0.25, 0.3) is 5.91 Å². The van der Waals surface area contributed by atoms with Gasteiger partial charge in [0.15, 0.2) is 6.10 Å². The molecule has 0 aliphatic carbocycles. The average Bonchev–Trinajstić information content (AvgIpc) is 3.16. The van der Waals surface area contributed by atoms with Gasteiger partial charge in [-0.3, -0.25) is 4.79 Å². The molecule has 1 atom stereocenters. The van der Waals surface area contributed by atoms with Crippen molar-refractivity contribution in [1.82, 2.24) is 15.3 Å². The van der Waals surface area contributed by atoms with Gasteiger partial charge in [-0.2, -0.15) is 0 Å². The van der Waals surface area contributed by atoms with Crippen LogP contribution >= 0.6 is 0 Å². The van der Waals surface area contributed by atoms with Crippen LogP contribution in [0.2, 0.25) is 0 Å². The number of hydrogen-bond acceptors (Lipinski definition) is 4. The van der Waals surface area contributed by atoms with E-state index in [0.717, 1.165) is 17.0 Å². The molecule has 1 heterocycles. The van der Waals surface area contributed by atoms with E-state index >= 15 is 0 Å². The van der Waals surface area contributed by atoms with E-state index in [2.05, 4.69) is 15.3 Å². The zero-order valence-electron chi connectivity index (χ0n) is 14.7. The molecular weight excluding hydrogens is 330 g/mol. The van der Waals surface area contributed by atoms with E-state index < -0.39 is 6.10 Å². The van der Waals surface area contributed by atoms with Gasteiger partial charge in [0.2, 0.25) is 0 Å². The fraction of sp³-hybridized carbons (Fsp3) is 0.200. The first-order valence-electron chi connectivity index (χ1n) is 8.33. The van der Waals surface area contributed by atoms with Gasteiger partial charge in [-0.25, -0.2) is 4.98 Å². The minimum atomic E-state index is -0.619. The molecule has 3 aromatic rings. The molecule has 0 aliphatic rings. The van der Waals surface area contributed by atoms with Gasteiger partial charge >= 0.3 is 0 Å². The van der Waals surface area contributed by atoms with Crippen molar-refractivity contribution in [3.8, 4) is 22.8 Å². The van der Waals surface area contributed by atoms with Crippen molar-refractivity contribution in [3.05, 3.63) is 66.6 Å². The van der Waals surface area contributed by atoms with E-state index in [4.69, 9.17) is 9.47 Å². The second-order valence-electron chi connectivity index (χ2n) is 5.76. The number of rotatable bonds is 7. The molecule has 2 N–H and O–H groups in total. The van der Waals surface area contributed by atoms with E-state index in [1.54, 1.807) is 44.5 Å². The Kier molecular flexibility index (Phi) is 5.53. The van der Waals surface area contributed by atoms with Crippen LogP contribution in [-0.4, -0.2) is 29.1 Å². The number of ether oxygens (including phenoxy) is 2. The van der Waals surface area contributed by atoms with E-state index in [-0.39, 0.29) is 5.91 Å². The highest BCUT2D eigenvalue weighted by molar-refractivity contribution is 5.80. The summed E-state index contributed by atoms with van der Waals surface area (Å²) >= 11 is 0. The van der Waals surface area contributed by atoms with Crippen LogP contribution in [0.4, 0.5) is 0 Å². The van der Waals surface area contributed by atoms with Crippen LogP contribution in [0.1, 0.15) is 12.7 Å². The quantitative estimate of drug-likeness (QED) is 0.685. The Morgan fingerprint density at radius 2 is 1.81 bits per heavy atom. The molecule has 0 radical (unpaired) electrons. The highest BCUT2D eigenvalue weighted by atomic mass is 16.5. The van der Waals surface area contributed by atoms with E-state index in [9.17, 15) is 4.79 Å². The molecule has 6 heteroatoms. The van der Waals surface area contributed by atoms with Gasteiger partial charge in [0.1, 0.15) is 17.3 Å². The van der Waals surface area contributed by atoms with Crippen molar-refractivity contribution in [2.75, 3.05) is 7.11 Å². The number of carbonyl (C=O) groups excluding carboxylic acids is 1. The highest BCUT2D eigenvalue weighted by Crippen LogP contribution is 2.18. The lowest BCUT2D eigenvalue weighted by Crippen LogP contribution is -2.36. The summed E-state index contributed by atoms with van der Waals surface area (Å²) in [5.41, 5.74) is 1.96. The topological polar surface area (TPSA) is 76.2 Å². The van der Waals surface area contributed by atoms with Crippen molar-refractivity contribution in [2.24, 2.45) is 0 Å². The Bertz CT molecular complexity index is 844. The Hall–Kier alpha value is -3.28. The first kappa shape index (κ1) is 17.5. The van der Waals surface area contributed by atoms with Crippen LogP contribution < -0.4 is 14.8 Å². The smallest absolute Gasteiger partial charge is 0.261 e. The lowest BCUT2D eigenvalue weighted by atomic mass is 10.2. The Balaban J connectivity index is 1.52. The number of H-pyrrole nitrogens is 1. The van der Waals surface area contributed by atoms with Crippen molar-refractivity contribution in [1.29, 1.82) is 0 Å². The number of carbonyl (C=O) groups is 1. The maximum atomic E-state index is 12.2. The molecule has 0 fully saturated rings. The maximum Gasteiger partial charge on any atom is 0.261 e. The van der Waals surface area contributed by atoms with Crippen molar-refractivity contribution in [2.45, 2.75) is 19.6 Å². The summed E-state index contributed by atoms with van der Waals surface area (Å²) in [5, 5.41) is 2.82. The molecule has 1 unspecified atom stereocenters. The second-order valence-corrected chi connectivity index (χ2v) is 5.76. The predicted octanol–water partition coefficient (Wildman–Crippen LogP) is 3.17. The van der Waals surface area contributed by atoms with Crippen molar-refractivity contribution < 1.29 is 14.3 Å². The van der Waals surface area contributed by atoms with Crippen LogP contribution in [0.25, 0.3) is 11.3 Å². The molecular formula is C20H21N3O3. The standard InChI is InChI=1S/C20H21N3O3/c1-14(26-17-10-8-16(25-2)9-11-17)20(24)22-13-19-21-12-18(23-19)15-6-4-3-5-7-15/h3-12,14H,13H2,1-2H3,(H,21,23)(H,22,24). The summed E-state index contributed by atoms with van der Waals surface area (Å²) in [4.78, 5) is 19.7. The number of nitrogens with zero attached hydrogens (tertiary/aromatic N) is 1. The number of benzene rings is 2. The highest BCUT2D eigenvalue weighted by Gasteiger charge is 2.15. The third-order valence-electron chi connectivity index (χ3n) is 3.88. The molecule has 0 aliphatic heterocycles. The molecule has 0 spiro atoms. The van der Waals surface area contributed by atoms with Crippen LogP contribution in [0.15, 0.2) is 60.8 Å². The third kappa shape index (κ3) is 4.42. The summed E-state index contributed by atoms with van der Waals surface area (Å²) < 4.78 is 10.7. The first-order chi connectivity index (χ1) is 12.7. The Labute approximate surface area is 152 Å². The van der Waals surface area contributed by atoms with Gasteiger partial charge in [0, 0.05) is 0 Å². The predicted molar refractivity (Wildman–Crippen MR) is 99.0 cm³/mol. The van der Waals surface area contributed by atoms with Crippen LogP contribution in [0.5, 0.6) is 11.5 Å². The number of methoxy groups -OCH3 is 1. The summed E-state index contributed by atoms with van der Waals surface area (Å²) in [6.07, 6.45) is 1.14. The maximum absolute atomic E-state index is 12.2. The van der Waals surface area contributed by atoms with Crippen LogP contribution in [0, 0.1) is 0 Å². The van der Waals surface area contributed by atoms with Crippen LogP contribution in [0.3, 0.4) is 0 Å². The summed E-state index contributed by atoms with van der Waals surface area (Å²) in [5.74, 6) is 1.83. The fourth-order valence-electron chi connectivity index (χ4n) is 2.44. The van der Waals surface area contributed by atoms with E-state index in [1.807, 2.05) is 30.3 Å². The summed E-state index contributed by atoms with van der Waals surface area (Å²) in [6, 6.07) is 17.0. The average molecular weight is 351 g/mol. The lowest BCUT2D eigenvalue weighted by molar-refractivity contribution is -0.127. The molecule has 0 bridgehead atoms. The molecule has 26 heavy (non-hydrogen) atoms. The molecule has 134 valence electrons. The minimum Gasteiger partial charge on any atom is -0.497 e. The fourth-order valence-corrected chi connectivity index (χ4v) is 2.44. The van der Waals surface area contributed by atoms with Crippen molar-refractivity contribution >= 4 is 5.91 Å². The molecule has 6 nitrogen and oxygen atoms in total. The SMILES string of the molecule is COc1ccc(OC(C)C(=O)NCc2ncc(-c3ccccc3)[nH]2)cc1. The number of amides is 1. The number of aromatic nitrogens is 2. The normalized spacial score (nSPS) is 11.6. The minimum absolute atomic E-state index is 0.210.